The number of halogens is 1. The average Bonchev–Trinajstić information content (AvgIpc) is 3.28. The van der Waals surface area contributed by atoms with Crippen LogP contribution in [0.3, 0.4) is 0 Å². The molecule has 1 atom stereocenters. The number of esters is 1. The molecule has 10 heteroatoms. The maximum atomic E-state index is 12.8. The number of ketones is 1. The number of fused-ring (bicyclic) bond motifs is 1. The van der Waals surface area contributed by atoms with Crippen molar-refractivity contribution in [3.63, 3.8) is 0 Å². The number of imide groups is 1. The summed E-state index contributed by atoms with van der Waals surface area (Å²) in [6.07, 6.45) is -1.06. The second kappa shape index (κ2) is 8.01. The standard InChI is InChI=1S/C21H14ClN3O5S/c1-10(17(26)12-3-6-14(22)7-4-12)30-20(29)13-5-8-15-16(9-13)19(28)25(18(15)27)21-24-23-11(2)31-21/h3-10H,1-2H3/t10-/m1/s1. The van der Waals surface area contributed by atoms with Crippen LogP contribution in [0.25, 0.3) is 0 Å². The number of amides is 2. The van der Waals surface area contributed by atoms with Gasteiger partial charge in [-0.25, -0.2) is 9.69 Å². The topological polar surface area (TPSA) is 107 Å². The van der Waals surface area contributed by atoms with E-state index < -0.39 is 29.7 Å². The van der Waals surface area contributed by atoms with Gasteiger partial charge in [0.15, 0.2) is 6.10 Å². The molecule has 0 spiro atoms. The quantitative estimate of drug-likeness (QED) is 0.327. The highest BCUT2D eigenvalue weighted by atomic mass is 35.5. The molecule has 0 unspecified atom stereocenters. The van der Waals surface area contributed by atoms with Gasteiger partial charge < -0.3 is 4.74 Å². The van der Waals surface area contributed by atoms with Gasteiger partial charge >= 0.3 is 5.97 Å². The number of aromatic nitrogens is 2. The lowest BCUT2D eigenvalue weighted by Gasteiger charge is -2.12. The number of nitrogens with zero attached hydrogens (tertiary/aromatic N) is 3. The summed E-state index contributed by atoms with van der Waals surface area (Å²) < 4.78 is 5.27. The van der Waals surface area contributed by atoms with Crippen molar-refractivity contribution >= 4 is 51.6 Å². The first-order chi connectivity index (χ1) is 14.8. The maximum Gasteiger partial charge on any atom is 0.338 e. The molecule has 3 aromatic rings. The smallest absolute Gasteiger partial charge is 0.338 e. The van der Waals surface area contributed by atoms with Crippen LogP contribution >= 0.6 is 22.9 Å². The van der Waals surface area contributed by atoms with Crippen LogP contribution in [0.4, 0.5) is 5.13 Å². The summed E-state index contributed by atoms with van der Waals surface area (Å²) in [5.74, 6) is -2.32. The number of Topliss-reactive ketones (excluding diaryl/α,β-unsaturated/α-hetero) is 1. The van der Waals surface area contributed by atoms with E-state index in [1.165, 1.54) is 25.1 Å². The van der Waals surface area contributed by atoms with Gasteiger partial charge in [0, 0.05) is 10.6 Å². The molecule has 2 aromatic carbocycles. The Morgan fingerprint density at radius 3 is 2.29 bits per heavy atom. The average molecular weight is 456 g/mol. The molecule has 4 rings (SSSR count). The van der Waals surface area contributed by atoms with E-state index in [0.717, 1.165) is 16.2 Å². The van der Waals surface area contributed by atoms with Crippen molar-refractivity contribution in [2.24, 2.45) is 0 Å². The molecule has 0 saturated carbocycles. The molecule has 0 bridgehead atoms. The summed E-state index contributed by atoms with van der Waals surface area (Å²) in [5, 5.41) is 8.93. The number of benzene rings is 2. The molecule has 0 N–H and O–H groups in total. The van der Waals surface area contributed by atoms with Gasteiger partial charge in [0.05, 0.1) is 16.7 Å². The van der Waals surface area contributed by atoms with Crippen LogP contribution in [0.2, 0.25) is 5.02 Å². The largest absolute Gasteiger partial charge is 0.451 e. The summed E-state index contributed by atoms with van der Waals surface area (Å²) in [5.41, 5.74) is 0.608. The summed E-state index contributed by atoms with van der Waals surface area (Å²) >= 11 is 6.93. The molecule has 156 valence electrons. The third-order valence-electron chi connectivity index (χ3n) is 4.61. The Labute approximate surface area is 185 Å². The Bertz CT molecular complexity index is 1240. The van der Waals surface area contributed by atoms with Gasteiger partial charge in [-0.3, -0.25) is 14.4 Å². The van der Waals surface area contributed by atoms with E-state index in [4.69, 9.17) is 16.3 Å². The first-order valence-corrected chi connectivity index (χ1v) is 10.3. The van der Waals surface area contributed by atoms with Gasteiger partial charge in [0.25, 0.3) is 11.8 Å². The van der Waals surface area contributed by atoms with Crippen molar-refractivity contribution in [1.82, 2.24) is 10.2 Å². The summed E-state index contributed by atoms with van der Waals surface area (Å²) in [6.45, 7) is 3.16. The third kappa shape index (κ3) is 3.85. The van der Waals surface area contributed by atoms with E-state index in [9.17, 15) is 19.2 Å². The predicted octanol–water partition coefficient (Wildman–Crippen LogP) is 3.73. The molecule has 1 aromatic heterocycles. The second-order valence-corrected chi connectivity index (χ2v) is 8.32. The van der Waals surface area contributed by atoms with Gasteiger partial charge in [-0.2, -0.15) is 0 Å². The summed E-state index contributed by atoms with van der Waals surface area (Å²) in [6, 6.07) is 10.3. The highest BCUT2D eigenvalue weighted by Gasteiger charge is 2.39. The van der Waals surface area contributed by atoms with E-state index >= 15 is 0 Å². The first kappa shape index (κ1) is 20.8. The molecule has 8 nitrogen and oxygen atoms in total. The fourth-order valence-corrected chi connectivity index (χ4v) is 3.86. The minimum atomic E-state index is -1.06. The van der Waals surface area contributed by atoms with Crippen molar-refractivity contribution in [2.45, 2.75) is 20.0 Å². The van der Waals surface area contributed by atoms with E-state index in [-0.39, 0.29) is 21.8 Å². The minimum absolute atomic E-state index is 0.0472. The molecular weight excluding hydrogens is 442 g/mol. The first-order valence-electron chi connectivity index (χ1n) is 9.10. The monoisotopic (exact) mass is 455 g/mol. The number of aryl methyl sites for hydroxylation is 1. The van der Waals surface area contributed by atoms with Gasteiger partial charge in [-0.15, -0.1) is 10.2 Å². The van der Waals surface area contributed by atoms with Crippen molar-refractivity contribution in [3.8, 4) is 0 Å². The van der Waals surface area contributed by atoms with Crippen molar-refractivity contribution in [3.05, 3.63) is 74.7 Å². The highest BCUT2D eigenvalue weighted by Crippen LogP contribution is 2.31. The zero-order valence-electron chi connectivity index (χ0n) is 16.3. The van der Waals surface area contributed by atoms with Crippen LogP contribution in [-0.2, 0) is 4.74 Å². The molecule has 0 aliphatic carbocycles. The molecule has 1 aliphatic heterocycles. The van der Waals surface area contributed by atoms with Crippen LogP contribution in [0.5, 0.6) is 0 Å². The van der Waals surface area contributed by atoms with Crippen LogP contribution in [0.15, 0.2) is 42.5 Å². The minimum Gasteiger partial charge on any atom is -0.451 e. The van der Waals surface area contributed by atoms with Crippen molar-refractivity contribution in [1.29, 1.82) is 0 Å². The molecule has 1 aliphatic rings. The Morgan fingerprint density at radius 1 is 1.00 bits per heavy atom. The molecular formula is C21H14ClN3O5S. The molecule has 0 saturated heterocycles. The van der Waals surface area contributed by atoms with E-state index in [0.29, 0.717) is 15.6 Å². The van der Waals surface area contributed by atoms with Crippen LogP contribution < -0.4 is 4.90 Å². The predicted molar refractivity (Wildman–Crippen MR) is 113 cm³/mol. The van der Waals surface area contributed by atoms with Gasteiger partial charge in [-0.05, 0) is 56.3 Å². The molecule has 0 fully saturated rings. The zero-order valence-corrected chi connectivity index (χ0v) is 17.9. The lowest BCUT2D eigenvalue weighted by molar-refractivity contribution is 0.0318. The third-order valence-corrected chi connectivity index (χ3v) is 5.69. The fraction of sp³-hybridized carbons (Fsp3) is 0.143. The summed E-state index contributed by atoms with van der Waals surface area (Å²) in [4.78, 5) is 51.3. The van der Waals surface area contributed by atoms with E-state index in [2.05, 4.69) is 10.2 Å². The summed E-state index contributed by atoms with van der Waals surface area (Å²) in [7, 11) is 0. The zero-order chi connectivity index (χ0) is 22.3. The van der Waals surface area contributed by atoms with Gasteiger partial charge in [0.2, 0.25) is 10.9 Å². The normalized spacial score (nSPS) is 13.8. The van der Waals surface area contributed by atoms with Crippen LogP contribution in [0.1, 0.15) is 53.4 Å². The number of carbonyl (C=O) groups is 4. The van der Waals surface area contributed by atoms with Crippen LogP contribution in [0, 0.1) is 6.92 Å². The Balaban J connectivity index is 1.53. The lowest BCUT2D eigenvalue weighted by atomic mass is 10.1. The molecule has 2 heterocycles. The Hall–Kier alpha value is -3.43. The van der Waals surface area contributed by atoms with E-state index in [1.807, 2.05) is 0 Å². The second-order valence-electron chi connectivity index (χ2n) is 6.73. The van der Waals surface area contributed by atoms with E-state index in [1.54, 1.807) is 31.2 Å². The molecule has 2 amide bonds. The number of carbonyl (C=O) groups excluding carboxylic acids is 4. The SMILES string of the molecule is Cc1nnc(N2C(=O)c3ccc(C(=O)O[C@H](C)C(=O)c4ccc(Cl)cc4)cc3C2=O)s1. The highest BCUT2D eigenvalue weighted by molar-refractivity contribution is 7.15. The van der Waals surface area contributed by atoms with Gasteiger partial charge in [0.1, 0.15) is 5.01 Å². The van der Waals surface area contributed by atoms with Crippen LogP contribution in [-0.4, -0.2) is 39.9 Å². The number of rotatable bonds is 5. The Kier molecular flexibility index (Phi) is 5.38. The Morgan fingerprint density at radius 2 is 1.65 bits per heavy atom. The fourth-order valence-electron chi connectivity index (χ4n) is 3.05. The number of hydrogen-bond acceptors (Lipinski definition) is 8. The number of hydrogen-bond donors (Lipinski definition) is 0. The number of anilines is 1. The maximum absolute atomic E-state index is 12.8. The lowest BCUT2D eigenvalue weighted by Crippen LogP contribution is -2.29. The number of ether oxygens (including phenoxy) is 1. The van der Waals surface area contributed by atoms with Gasteiger partial charge in [-0.1, -0.05) is 22.9 Å². The van der Waals surface area contributed by atoms with Crippen molar-refractivity contribution in [2.75, 3.05) is 4.90 Å². The molecule has 31 heavy (non-hydrogen) atoms. The molecule has 0 radical (unpaired) electrons. The van der Waals surface area contributed by atoms with Crippen molar-refractivity contribution < 1.29 is 23.9 Å².